The van der Waals surface area contributed by atoms with E-state index in [-0.39, 0.29) is 0 Å². The average Bonchev–Trinajstić information content (AvgIpc) is 2.83. The highest BCUT2D eigenvalue weighted by Gasteiger charge is 2.18. The Balaban J connectivity index is 2.00. The van der Waals surface area contributed by atoms with Gasteiger partial charge in [-0.1, -0.05) is 11.6 Å². The van der Waals surface area contributed by atoms with E-state index in [1.54, 1.807) is 0 Å². The molecule has 0 spiro atoms. The predicted octanol–water partition coefficient (Wildman–Crippen LogP) is 2.52. The van der Waals surface area contributed by atoms with Crippen LogP contribution in [0.25, 0.3) is 5.82 Å². The number of nitrogens with zero attached hydrogens (tertiary/aromatic N) is 3. The molecular weight excluding hydrogens is 260 g/mol. The van der Waals surface area contributed by atoms with Crippen LogP contribution >= 0.6 is 11.6 Å². The van der Waals surface area contributed by atoms with Crippen molar-refractivity contribution in [1.82, 2.24) is 19.9 Å². The molecule has 0 atom stereocenters. The average molecular weight is 277 g/mol. The molecule has 100 valence electrons. The topological polar surface area (TPSA) is 42.7 Å². The fourth-order valence-electron chi connectivity index (χ4n) is 2.60. The Kier molecular flexibility index (Phi) is 3.53. The van der Waals surface area contributed by atoms with Crippen LogP contribution in [0.15, 0.2) is 18.6 Å². The van der Waals surface area contributed by atoms with Crippen LogP contribution in [-0.4, -0.2) is 21.6 Å². The van der Waals surface area contributed by atoms with Gasteiger partial charge in [-0.25, -0.2) is 9.97 Å². The van der Waals surface area contributed by atoms with Crippen molar-refractivity contribution in [3.63, 3.8) is 0 Å². The van der Waals surface area contributed by atoms with Gasteiger partial charge >= 0.3 is 0 Å². The minimum Gasteiger partial charge on any atom is -0.316 e. The molecule has 2 heterocycles. The summed E-state index contributed by atoms with van der Waals surface area (Å²) in [5.74, 6) is 0.789. The number of aryl methyl sites for hydroxylation is 1. The first-order valence-corrected chi connectivity index (χ1v) is 7.02. The van der Waals surface area contributed by atoms with Gasteiger partial charge < -0.3 is 5.32 Å². The van der Waals surface area contributed by atoms with E-state index in [1.165, 1.54) is 24.2 Å². The highest BCUT2D eigenvalue weighted by Crippen LogP contribution is 2.26. The van der Waals surface area contributed by atoms with Gasteiger partial charge in [-0.3, -0.25) is 4.57 Å². The first-order valence-electron chi connectivity index (χ1n) is 6.64. The molecule has 0 aliphatic heterocycles. The lowest BCUT2D eigenvalue weighted by atomic mass is 10.0. The molecule has 2 aromatic heterocycles. The lowest BCUT2D eigenvalue weighted by Crippen LogP contribution is -2.10. The van der Waals surface area contributed by atoms with Gasteiger partial charge in [0.25, 0.3) is 0 Å². The van der Waals surface area contributed by atoms with Crippen LogP contribution in [0.3, 0.4) is 0 Å². The van der Waals surface area contributed by atoms with Gasteiger partial charge in [0.2, 0.25) is 0 Å². The van der Waals surface area contributed by atoms with Gasteiger partial charge in [-0.05, 0) is 44.4 Å². The third kappa shape index (κ3) is 2.38. The number of hydrogen-bond acceptors (Lipinski definition) is 3. The normalized spacial score (nSPS) is 14.4. The molecule has 0 saturated carbocycles. The number of rotatable bonds is 3. The third-order valence-electron chi connectivity index (χ3n) is 3.52. The molecule has 0 saturated heterocycles. The quantitative estimate of drug-likeness (QED) is 0.937. The predicted molar refractivity (Wildman–Crippen MR) is 75.8 cm³/mol. The van der Waals surface area contributed by atoms with Gasteiger partial charge in [-0.2, -0.15) is 0 Å². The van der Waals surface area contributed by atoms with Crippen LogP contribution in [0.2, 0.25) is 5.02 Å². The lowest BCUT2D eigenvalue weighted by molar-refractivity contribution is 0.654. The molecule has 0 aromatic carbocycles. The van der Waals surface area contributed by atoms with E-state index in [4.69, 9.17) is 11.6 Å². The summed E-state index contributed by atoms with van der Waals surface area (Å²) in [6.45, 7) is 0.773. The summed E-state index contributed by atoms with van der Waals surface area (Å²) >= 11 is 6.36. The summed E-state index contributed by atoms with van der Waals surface area (Å²) in [5, 5.41) is 3.78. The number of halogens is 1. The fourth-order valence-corrected chi connectivity index (χ4v) is 2.88. The molecule has 2 aromatic rings. The molecule has 19 heavy (non-hydrogen) atoms. The van der Waals surface area contributed by atoms with E-state index >= 15 is 0 Å². The minimum atomic E-state index is 0.679. The Morgan fingerprint density at radius 1 is 1.32 bits per heavy atom. The zero-order chi connectivity index (χ0) is 13.2. The molecule has 5 heteroatoms. The number of nitrogens with one attached hydrogen (secondary N) is 1. The zero-order valence-corrected chi connectivity index (χ0v) is 11.7. The second-order valence-electron chi connectivity index (χ2n) is 4.89. The molecule has 0 bridgehead atoms. The molecule has 1 aliphatic carbocycles. The van der Waals surface area contributed by atoms with Crippen molar-refractivity contribution in [3.05, 3.63) is 40.6 Å². The Hall–Kier alpha value is -1.39. The highest BCUT2D eigenvalue weighted by atomic mass is 35.5. The van der Waals surface area contributed by atoms with Gasteiger partial charge in [0.15, 0.2) is 5.82 Å². The van der Waals surface area contributed by atoms with E-state index in [9.17, 15) is 0 Å². The molecule has 0 unspecified atom stereocenters. The molecular formula is C14H17ClN4. The number of imidazole rings is 1. The molecule has 0 radical (unpaired) electrons. The van der Waals surface area contributed by atoms with Crippen LogP contribution in [0, 0.1) is 0 Å². The van der Waals surface area contributed by atoms with Crippen molar-refractivity contribution >= 4 is 11.6 Å². The first-order chi connectivity index (χ1) is 9.29. The summed E-state index contributed by atoms with van der Waals surface area (Å²) < 4.78 is 2.04. The Labute approximate surface area is 117 Å². The maximum atomic E-state index is 6.36. The zero-order valence-electron chi connectivity index (χ0n) is 11.0. The maximum Gasteiger partial charge on any atom is 0.156 e. The van der Waals surface area contributed by atoms with Crippen LogP contribution in [0.5, 0.6) is 0 Å². The van der Waals surface area contributed by atoms with E-state index < -0.39 is 0 Å². The standard InChI is InChI=1S/C14H17ClN4/c1-16-7-10-6-11(15)14(17-8-10)19-9-18-12-4-2-3-5-13(12)19/h6,8-9,16H,2-5,7H2,1H3. The Bertz CT molecular complexity index is 591. The van der Waals surface area contributed by atoms with Crippen molar-refractivity contribution < 1.29 is 0 Å². The summed E-state index contributed by atoms with van der Waals surface area (Å²) in [6, 6.07) is 1.97. The molecule has 0 fully saturated rings. The van der Waals surface area contributed by atoms with Crippen molar-refractivity contribution in [1.29, 1.82) is 0 Å². The number of pyridine rings is 1. The smallest absolute Gasteiger partial charge is 0.156 e. The largest absolute Gasteiger partial charge is 0.316 e. The van der Waals surface area contributed by atoms with Crippen molar-refractivity contribution in [3.8, 4) is 5.82 Å². The van der Waals surface area contributed by atoms with Gasteiger partial charge in [0.05, 0.1) is 10.7 Å². The summed E-state index contributed by atoms with van der Waals surface area (Å²) in [4.78, 5) is 8.98. The minimum absolute atomic E-state index is 0.679. The molecule has 1 N–H and O–H groups in total. The monoisotopic (exact) mass is 276 g/mol. The molecule has 1 aliphatic rings. The summed E-state index contributed by atoms with van der Waals surface area (Å²) in [5.41, 5.74) is 3.55. The Morgan fingerprint density at radius 3 is 2.95 bits per heavy atom. The van der Waals surface area contributed by atoms with E-state index in [1.807, 2.05) is 30.2 Å². The summed E-state index contributed by atoms with van der Waals surface area (Å²) in [7, 11) is 1.91. The van der Waals surface area contributed by atoms with Crippen molar-refractivity contribution in [2.45, 2.75) is 32.2 Å². The lowest BCUT2D eigenvalue weighted by Gasteiger charge is -2.14. The summed E-state index contributed by atoms with van der Waals surface area (Å²) in [6.07, 6.45) is 8.29. The Morgan fingerprint density at radius 2 is 2.16 bits per heavy atom. The van der Waals surface area contributed by atoms with Crippen LogP contribution in [0.1, 0.15) is 29.8 Å². The van der Waals surface area contributed by atoms with Gasteiger partial charge in [-0.15, -0.1) is 0 Å². The van der Waals surface area contributed by atoms with E-state index in [2.05, 4.69) is 15.3 Å². The van der Waals surface area contributed by atoms with Crippen molar-refractivity contribution in [2.75, 3.05) is 7.05 Å². The van der Waals surface area contributed by atoms with Crippen molar-refractivity contribution in [2.24, 2.45) is 0 Å². The number of fused-ring (bicyclic) bond motifs is 1. The molecule has 4 nitrogen and oxygen atoms in total. The highest BCUT2D eigenvalue weighted by molar-refractivity contribution is 6.32. The van der Waals surface area contributed by atoms with Gasteiger partial charge in [0.1, 0.15) is 6.33 Å². The first kappa shape index (κ1) is 12.6. The maximum absolute atomic E-state index is 6.36. The second-order valence-corrected chi connectivity index (χ2v) is 5.30. The van der Waals surface area contributed by atoms with Gasteiger partial charge in [0, 0.05) is 18.4 Å². The number of hydrogen-bond donors (Lipinski definition) is 1. The third-order valence-corrected chi connectivity index (χ3v) is 3.80. The van der Waals surface area contributed by atoms with E-state index in [0.29, 0.717) is 5.02 Å². The fraction of sp³-hybridized carbons (Fsp3) is 0.429. The van der Waals surface area contributed by atoms with Crippen LogP contribution in [-0.2, 0) is 19.4 Å². The second kappa shape index (κ2) is 5.31. The molecule has 3 rings (SSSR count). The van der Waals surface area contributed by atoms with Crippen LogP contribution < -0.4 is 5.32 Å². The van der Waals surface area contributed by atoms with E-state index in [0.717, 1.165) is 30.8 Å². The molecule has 0 amide bonds. The van der Waals surface area contributed by atoms with Crippen LogP contribution in [0.4, 0.5) is 0 Å². The number of aromatic nitrogens is 3. The SMILES string of the molecule is CNCc1cnc(-n2cnc3c2CCCC3)c(Cl)c1.